The molecular formula is C68H49N5O2. The van der Waals surface area contributed by atoms with Gasteiger partial charge in [-0.3, -0.25) is 0 Å². The molecule has 1 N–H and O–H groups in total. The summed E-state index contributed by atoms with van der Waals surface area (Å²) in [4.78, 5) is 4.70. The first kappa shape index (κ1) is 43.9. The minimum Gasteiger partial charge on any atom is -0.497 e. The zero-order valence-corrected chi connectivity index (χ0v) is 41.1. The Labute approximate surface area is 433 Å². The maximum atomic E-state index is 10.2. The molecule has 0 radical (unpaired) electrons. The Morgan fingerprint density at radius 3 is 0.947 bits per heavy atom. The van der Waals surface area contributed by atoms with Crippen LogP contribution in [-0.2, 0) is 6.61 Å². The minimum absolute atomic E-state index is 0.0308. The molecule has 0 unspecified atom stereocenters. The van der Waals surface area contributed by atoms with Crippen LogP contribution < -0.4 is 14.5 Å². The monoisotopic (exact) mass is 967 g/mol. The first-order chi connectivity index (χ1) is 37.1. The number of methoxy groups -OCH3 is 1. The molecule has 3 aromatic heterocycles. The van der Waals surface area contributed by atoms with Crippen LogP contribution in [0.15, 0.2) is 261 Å². The molecular weight excluding hydrogens is 919 g/mol. The lowest BCUT2D eigenvalue weighted by Gasteiger charge is -2.26. The summed E-state index contributed by atoms with van der Waals surface area (Å²) in [5.74, 6) is 0.797. The van der Waals surface area contributed by atoms with Crippen molar-refractivity contribution in [2.45, 2.75) is 6.61 Å². The van der Waals surface area contributed by atoms with Crippen molar-refractivity contribution in [3.8, 4) is 22.8 Å². The summed E-state index contributed by atoms with van der Waals surface area (Å²) in [7, 11) is 1.71. The van der Waals surface area contributed by atoms with Gasteiger partial charge < -0.3 is 33.3 Å². The third kappa shape index (κ3) is 7.32. The third-order valence-electron chi connectivity index (χ3n) is 14.8. The molecule has 0 saturated heterocycles. The van der Waals surface area contributed by atoms with Gasteiger partial charge in [-0.05, 0) is 163 Å². The smallest absolute Gasteiger partial charge is 0.119 e. The standard InChI is InChI=1S/C68H49N5O2/c1-75-56-35-29-51(30-36-56)70(53-32-38-66-60(42-53)58-22-12-14-24-64(58)72(66)48-17-7-3-8-18-48)55-34-40-68-62(44-55)61-43-54(33-39-67(61)73(68)49-19-9-4-10-20-49)69(50-27-25-46(45-74)26-28-50)52-31-37-65-59(41-52)57-21-11-13-23-63(57)71(65)47-15-5-2-6-16-47/h2-44,74H,45H2,1H3. The van der Waals surface area contributed by atoms with Crippen LogP contribution in [0.1, 0.15) is 5.56 Å². The van der Waals surface area contributed by atoms with Gasteiger partial charge in [0.25, 0.3) is 0 Å². The van der Waals surface area contributed by atoms with Crippen molar-refractivity contribution in [2.24, 2.45) is 0 Å². The Bertz CT molecular complexity index is 4160. The molecule has 14 rings (SSSR count). The molecule has 0 bridgehead atoms. The van der Waals surface area contributed by atoms with Crippen molar-refractivity contribution in [2.75, 3.05) is 16.9 Å². The van der Waals surface area contributed by atoms with Crippen LogP contribution in [0.2, 0.25) is 0 Å². The molecule has 3 heterocycles. The molecule has 7 nitrogen and oxygen atoms in total. The number of aliphatic hydroxyl groups excluding tert-OH is 1. The van der Waals surface area contributed by atoms with Crippen LogP contribution in [-0.4, -0.2) is 25.9 Å². The molecule has 0 aliphatic heterocycles. The van der Waals surface area contributed by atoms with Crippen LogP contribution in [0.25, 0.3) is 82.5 Å². The highest BCUT2D eigenvalue weighted by atomic mass is 16.5. The molecule has 0 atom stereocenters. The molecule has 358 valence electrons. The highest BCUT2D eigenvalue weighted by Crippen LogP contribution is 2.46. The number of fused-ring (bicyclic) bond motifs is 9. The number of benzene rings is 11. The minimum atomic E-state index is -0.0308. The van der Waals surface area contributed by atoms with Gasteiger partial charge in [-0.25, -0.2) is 0 Å². The lowest BCUT2D eigenvalue weighted by atomic mass is 10.1. The second-order valence-electron chi connectivity index (χ2n) is 19.0. The number of hydrogen-bond acceptors (Lipinski definition) is 4. The van der Waals surface area contributed by atoms with E-state index in [1.54, 1.807) is 7.11 Å². The van der Waals surface area contributed by atoms with Crippen LogP contribution in [0, 0.1) is 0 Å². The average molecular weight is 968 g/mol. The summed E-state index contributed by atoms with van der Waals surface area (Å²) in [5.41, 5.74) is 17.1. The average Bonchev–Trinajstić information content (AvgIpc) is 4.14. The molecule has 75 heavy (non-hydrogen) atoms. The first-order valence-electron chi connectivity index (χ1n) is 25.4. The van der Waals surface area contributed by atoms with Gasteiger partial charge in [0.1, 0.15) is 5.75 Å². The van der Waals surface area contributed by atoms with E-state index in [1.807, 2.05) is 24.3 Å². The Morgan fingerprint density at radius 2 is 0.600 bits per heavy atom. The molecule has 0 aliphatic rings. The summed E-state index contributed by atoms with van der Waals surface area (Å²) in [6.45, 7) is -0.0308. The van der Waals surface area contributed by atoms with Gasteiger partial charge in [0.05, 0.1) is 46.8 Å². The van der Waals surface area contributed by atoms with Crippen molar-refractivity contribution in [3.63, 3.8) is 0 Å². The fourth-order valence-electron chi connectivity index (χ4n) is 11.4. The van der Waals surface area contributed by atoms with E-state index in [-0.39, 0.29) is 6.61 Å². The van der Waals surface area contributed by atoms with Gasteiger partial charge in [-0.15, -0.1) is 0 Å². The fourth-order valence-corrected chi connectivity index (χ4v) is 11.4. The van der Waals surface area contributed by atoms with E-state index in [9.17, 15) is 5.11 Å². The van der Waals surface area contributed by atoms with Crippen LogP contribution >= 0.6 is 0 Å². The van der Waals surface area contributed by atoms with Crippen LogP contribution in [0.5, 0.6) is 5.75 Å². The van der Waals surface area contributed by atoms with Gasteiger partial charge in [-0.1, -0.05) is 103 Å². The van der Waals surface area contributed by atoms with Crippen molar-refractivity contribution >= 4 is 99.5 Å². The molecule has 11 aromatic carbocycles. The summed E-state index contributed by atoms with van der Waals surface area (Å²) in [6, 6.07) is 93.2. The molecule has 0 aliphatic carbocycles. The van der Waals surface area contributed by atoms with Gasteiger partial charge in [0.15, 0.2) is 0 Å². The zero-order valence-electron chi connectivity index (χ0n) is 41.1. The van der Waals surface area contributed by atoms with E-state index in [0.717, 1.165) is 112 Å². The van der Waals surface area contributed by atoms with Crippen LogP contribution in [0.3, 0.4) is 0 Å². The highest BCUT2D eigenvalue weighted by molar-refractivity contribution is 6.14. The fraction of sp³-hybridized carbons (Fsp3) is 0.0294. The second-order valence-corrected chi connectivity index (χ2v) is 19.0. The number of rotatable bonds is 11. The Morgan fingerprint density at radius 1 is 0.307 bits per heavy atom. The lowest BCUT2D eigenvalue weighted by molar-refractivity contribution is 0.282. The summed E-state index contributed by atoms with van der Waals surface area (Å²) in [5, 5.41) is 17.1. The van der Waals surface area contributed by atoms with Crippen molar-refractivity contribution in [1.29, 1.82) is 0 Å². The number of para-hydroxylation sites is 5. The number of aliphatic hydroxyl groups is 1. The largest absolute Gasteiger partial charge is 0.497 e. The predicted molar refractivity (Wildman–Crippen MR) is 311 cm³/mol. The number of hydrogen-bond donors (Lipinski definition) is 1. The van der Waals surface area contributed by atoms with Gasteiger partial charge in [-0.2, -0.15) is 0 Å². The summed E-state index contributed by atoms with van der Waals surface area (Å²) in [6.07, 6.45) is 0. The van der Waals surface area contributed by atoms with Gasteiger partial charge in [0, 0.05) is 83.5 Å². The molecule has 7 heteroatoms. The van der Waals surface area contributed by atoms with Crippen molar-refractivity contribution < 1.29 is 9.84 Å². The first-order valence-corrected chi connectivity index (χ1v) is 25.4. The molecule has 14 aromatic rings. The lowest BCUT2D eigenvalue weighted by Crippen LogP contribution is -2.10. The van der Waals surface area contributed by atoms with Gasteiger partial charge in [0.2, 0.25) is 0 Å². The highest BCUT2D eigenvalue weighted by Gasteiger charge is 2.23. The van der Waals surface area contributed by atoms with Gasteiger partial charge >= 0.3 is 0 Å². The SMILES string of the molecule is COc1ccc(N(c2ccc3c(c2)c2ccccc2n3-c2ccccc2)c2ccc3c(c2)c2cc(N(c4ccc(CO)cc4)c4ccc5c(c4)c4ccccc4n5-c4ccccc4)ccc2n3-c2ccccc2)cc1. The van der Waals surface area contributed by atoms with Crippen LogP contribution in [0.4, 0.5) is 34.1 Å². The van der Waals surface area contributed by atoms with Crippen molar-refractivity contribution in [3.05, 3.63) is 266 Å². The van der Waals surface area contributed by atoms with E-state index in [4.69, 9.17) is 4.74 Å². The molecule has 0 spiro atoms. The topological polar surface area (TPSA) is 50.7 Å². The maximum absolute atomic E-state index is 10.2. The Hall–Kier alpha value is -9.82. The Kier molecular flexibility index (Phi) is 10.6. The number of aromatic nitrogens is 3. The molecule has 0 saturated carbocycles. The Balaban J connectivity index is 0.987. The number of nitrogens with zero attached hydrogens (tertiary/aromatic N) is 5. The summed E-state index contributed by atoms with van der Waals surface area (Å²) < 4.78 is 12.8. The molecule has 0 fully saturated rings. The number of ether oxygens (including phenoxy) is 1. The predicted octanol–water partition coefficient (Wildman–Crippen LogP) is 17.4. The van der Waals surface area contributed by atoms with Crippen molar-refractivity contribution in [1.82, 2.24) is 13.7 Å². The van der Waals surface area contributed by atoms with E-state index < -0.39 is 0 Å². The van der Waals surface area contributed by atoms with E-state index >= 15 is 0 Å². The van der Waals surface area contributed by atoms with E-state index in [0.29, 0.717) is 0 Å². The quantitative estimate of drug-likeness (QED) is 0.140. The summed E-state index contributed by atoms with van der Waals surface area (Å²) >= 11 is 0. The number of anilines is 6. The second kappa shape index (κ2) is 18.0. The van der Waals surface area contributed by atoms with E-state index in [2.05, 4.69) is 260 Å². The normalized spacial score (nSPS) is 11.7. The molecule has 0 amide bonds. The van der Waals surface area contributed by atoms with E-state index in [1.165, 1.54) is 16.2 Å². The maximum Gasteiger partial charge on any atom is 0.119 e. The zero-order chi connectivity index (χ0) is 50.0. The third-order valence-corrected chi connectivity index (χ3v) is 14.8.